The van der Waals surface area contributed by atoms with Crippen molar-refractivity contribution in [3.8, 4) is 22.9 Å². The van der Waals surface area contributed by atoms with Gasteiger partial charge in [-0.05, 0) is 19.1 Å². The van der Waals surface area contributed by atoms with Gasteiger partial charge in [-0.1, -0.05) is 29.8 Å². The van der Waals surface area contributed by atoms with Gasteiger partial charge in [0, 0.05) is 17.3 Å². The van der Waals surface area contributed by atoms with Gasteiger partial charge < -0.3 is 14.8 Å². The predicted octanol–water partition coefficient (Wildman–Crippen LogP) is 2.55. The Kier molecular flexibility index (Phi) is 4.35. The molecular weight excluding hydrogens is 386 g/mol. The summed E-state index contributed by atoms with van der Waals surface area (Å²) in [7, 11) is 0. The van der Waals surface area contributed by atoms with Gasteiger partial charge in [-0.25, -0.2) is 4.68 Å². The molecule has 1 atom stereocenters. The lowest BCUT2D eigenvalue weighted by Gasteiger charge is -2.19. The van der Waals surface area contributed by atoms with Gasteiger partial charge in [-0.15, -0.1) is 5.10 Å². The Bertz CT molecular complexity index is 1140. The Morgan fingerprint density at radius 2 is 1.93 bits per heavy atom. The van der Waals surface area contributed by atoms with E-state index in [-0.39, 0.29) is 18.2 Å². The first-order valence-electron chi connectivity index (χ1n) is 9.61. The van der Waals surface area contributed by atoms with Gasteiger partial charge in [0.25, 0.3) is 5.91 Å². The number of fused-ring (bicyclic) bond motifs is 2. The maximum Gasteiger partial charge on any atom is 0.252 e. The largest absolute Gasteiger partial charge is 0.486 e. The molecule has 0 bridgehead atoms. The standard InChI is InChI=1S/C21H19N5O4/c1-12-2-4-13(5-3-12)19-23-21-24-20(28)15(26(21)25-19)11-18(27)22-14-6-7-16-17(10-14)30-9-8-29-16/h2-7,10,15H,8-9,11H2,1H3,(H,22,27)(H,23,24,25,28)/t15-/m0/s1. The molecule has 0 fully saturated rings. The highest BCUT2D eigenvalue weighted by Gasteiger charge is 2.35. The molecule has 9 nitrogen and oxygen atoms in total. The molecule has 2 aromatic carbocycles. The Morgan fingerprint density at radius 1 is 1.17 bits per heavy atom. The maximum atomic E-state index is 12.6. The number of ether oxygens (including phenoxy) is 2. The molecule has 30 heavy (non-hydrogen) atoms. The fourth-order valence-electron chi connectivity index (χ4n) is 3.44. The van der Waals surface area contributed by atoms with Crippen LogP contribution in [0.15, 0.2) is 42.5 Å². The SMILES string of the molecule is Cc1ccc(-c2nc3n(n2)[C@@H](CC(=O)Nc2ccc4c(c2)OCCO4)C(=O)N3)cc1. The Morgan fingerprint density at radius 3 is 2.73 bits per heavy atom. The zero-order chi connectivity index (χ0) is 20.7. The second-order valence-corrected chi connectivity index (χ2v) is 7.19. The van der Waals surface area contributed by atoms with Gasteiger partial charge in [-0.2, -0.15) is 4.98 Å². The molecule has 0 aliphatic carbocycles. The second kappa shape index (κ2) is 7.18. The molecule has 3 aromatic rings. The van der Waals surface area contributed by atoms with Gasteiger partial charge in [-0.3, -0.25) is 14.9 Å². The van der Waals surface area contributed by atoms with Crippen LogP contribution in [-0.4, -0.2) is 39.8 Å². The summed E-state index contributed by atoms with van der Waals surface area (Å²) in [6, 6.07) is 12.2. The van der Waals surface area contributed by atoms with Gasteiger partial charge >= 0.3 is 0 Å². The number of aryl methyl sites for hydroxylation is 1. The van der Waals surface area contributed by atoms with E-state index in [0.717, 1.165) is 11.1 Å². The van der Waals surface area contributed by atoms with Crippen LogP contribution in [0.5, 0.6) is 11.5 Å². The van der Waals surface area contributed by atoms with Gasteiger partial charge in [0.05, 0.1) is 6.42 Å². The molecule has 0 saturated heterocycles. The fourth-order valence-corrected chi connectivity index (χ4v) is 3.44. The van der Waals surface area contributed by atoms with E-state index in [2.05, 4.69) is 20.7 Å². The van der Waals surface area contributed by atoms with Gasteiger partial charge in [0.15, 0.2) is 17.3 Å². The van der Waals surface area contributed by atoms with Crippen LogP contribution in [0, 0.1) is 6.92 Å². The molecule has 3 heterocycles. The molecule has 2 N–H and O–H groups in total. The topological polar surface area (TPSA) is 107 Å². The molecule has 9 heteroatoms. The molecular formula is C21H19N5O4. The minimum absolute atomic E-state index is 0.0655. The minimum Gasteiger partial charge on any atom is -0.486 e. The molecule has 1 aromatic heterocycles. The van der Waals surface area contributed by atoms with Gasteiger partial charge in [0.2, 0.25) is 11.9 Å². The lowest BCUT2D eigenvalue weighted by Crippen LogP contribution is -2.24. The van der Waals surface area contributed by atoms with Crippen LogP contribution in [0.1, 0.15) is 18.0 Å². The molecule has 2 amide bonds. The predicted molar refractivity (Wildman–Crippen MR) is 109 cm³/mol. The first-order chi connectivity index (χ1) is 14.6. The van der Waals surface area contributed by atoms with Crippen molar-refractivity contribution in [3.63, 3.8) is 0 Å². The third kappa shape index (κ3) is 3.34. The number of aromatic nitrogens is 3. The van der Waals surface area contributed by atoms with Gasteiger partial charge in [0.1, 0.15) is 19.3 Å². The third-order valence-electron chi connectivity index (χ3n) is 4.98. The van der Waals surface area contributed by atoms with Crippen molar-refractivity contribution >= 4 is 23.5 Å². The maximum absolute atomic E-state index is 12.6. The summed E-state index contributed by atoms with van der Waals surface area (Å²) in [6.07, 6.45) is -0.0655. The lowest BCUT2D eigenvalue weighted by molar-refractivity contribution is -0.123. The van der Waals surface area contributed by atoms with Crippen LogP contribution in [0.4, 0.5) is 11.6 Å². The number of amides is 2. The average molecular weight is 405 g/mol. The van der Waals surface area contributed by atoms with Crippen molar-refractivity contribution in [2.45, 2.75) is 19.4 Å². The first kappa shape index (κ1) is 18.2. The number of nitrogens with one attached hydrogen (secondary N) is 2. The van der Waals surface area contributed by atoms with Crippen LogP contribution >= 0.6 is 0 Å². The lowest BCUT2D eigenvalue weighted by atomic mass is 10.1. The quantitative estimate of drug-likeness (QED) is 0.691. The summed E-state index contributed by atoms with van der Waals surface area (Å²) in [5, 5.41) is 9.94. The number of carbonyl (C=O) groups is 2. The number of nitrogens with zero attached hydrogens (tertiary/aromatic N) is 3. The smallest absolute Gasteiger partial charge is 0.252 e. The summed E-state index contributed by atoms with van der Waals surface area (Å²) in [4.78, 5) is 29.3. The molecule has 2 aliphatic heterocycles. The highest BCUT2D eigenvalue weighted by Crippen LogP contribution is 2.33. The summed E-state index contributed by atoms with van der Waals surface area (Å²) in [5.41, 5.74) is 2.55. The van der Waals surface area contributed by atoms with Crippen LogP contribution in [0.2, 0.25) is 0 Å². The Hall–Kier alpha value is -3.88. The molecule has 2 aliphatic rings. The number of benzene rings is 2. The van der Waals surface area contributed by atoms with E-state index in [1.54, 1.807) is 18.2 Å². The van der Waals surface area contributed by atoms with E-state index in [1.165, 1.54) is 4.68 Å². The highest BCUT2D eigenvalue weighted by molar-refractivity contribution is 6.01. The van der Waals surface area contributed by atoms with Crippen molar-refractivity contribution in [1.82, 2.24) is 14.8 Å². The molecule has 0 saturated carbocycles. The van der Waals surface area contributed by atoms with Crippen molar-refractivity contribution in [3.05, 3.63) is 48.0 Å². The monoisotopic (exact) mass is 405 g/mol. The van der Waals surface area contributed by atoms with E-state index in [1.807, 2.05) is 31.2 Å². The van der Waals surface area contributed by atoms with Crippen LogP contribution in [0.25, 0.3) is 11.4 Å². The second-order valence-electron chi connectivity index (χ2n) is 7.19. The fraction of sp³-hybridized carbons (Fsp3) is 0.238. The van der Waals surface area contributed by atoms with E-state index < -0.39 is 6.04 Å². The Balaban J connectivity index is 1.31. The first-order valence-corrected chi connectivity index (χ1v) is 9.61. The number of rotatable bonds is 4. The van der Waals surface area contributed by atoms with Crippen LogP contribution < -0.4 is 20.1 Å². The highest BCUT2D eigenvalue weighted by atomic mass is 16.6. The van der Waals surface area contributed by atoms with E-state index >= 15 is 0 Å². The molecule has 0 unspecified atom stereocenters. The van der Waals surface area contributed by atoms with Crippen molar-refractivity contribution in [2.24, 2.45) is 0 Å². The van der Waals surface area contributed by atoms with E-state index in [4.69, 9.17) is 9.47 Å². The van der Waals surface area contributed by atoms with Crippen molar-refractivity contribution < 1.29 is 19.1 Å². The number of hydrogen-bond donors (Lipinski definition) is 2. The normalized spacial score (nSPS) is 16.7. The van der Waals surface area contributed by atoms with E-state index in [0.29, 0.717) is 42.2 Å². The number of carbonyl (C=O) groups excluding carboxylic acids is 2. The third-order valence-corrected chi connectivity index (χ3v) is 4.98. The Labute approximate surface area is 172 Å². The summed E-state index contributed by atoms with van der Waals surface area (Å²) < 4.78 is 12.5. The molecule has 0 radical (unpaired) electrons. The average Bonchev–Trinajstić information content (AvgIpc) is 3.27. The number of hydrogen-bond acceptors (Lipinski definition) is 6. The molecule has 5 rings (SSSR count). The van der Waals surface area contributed by atoms with E-state index in [9.17, 15) is 9.59 Å². The van der Waals surface area contributed by atoms with Crippen LogP contribution in [-0.2, 0) is 9.59 Å². The zero-order valence-corrected chi connectivity index (χ0v) is 16.2. The van der Waals surface area contributed by atoms with Crippen molar-refractivity contribution in [1.29, 1.82) is 0 Å². The summed E-state index contributed by atoms with van der Waals surface area (Å²) in [6.45, 7) is 2.96. The van der Waals surface area contributed by atoms with Crippen LogP contribution in [0.3, 0.4) is 0 Å². The summed E-state index contributed by atoms with van der Waals surface area (Å²) >= 11 is 0. The number of anilines is 2. The summed E-state index contributed by atoms with van der Waals surface area (Å²) in [5.74, 6) is 1.45. The zero-order valence-electron chi connectivity index (χ0n) is 16.2. The van der Waals surface area contributed by atoms with Crippen molar-refractivity contribution in [2.75, 3.05) is 23.8 Å². The minimum atomic E-state index is -0.760. The molecule has 152 valence electrons. The molecule has 0 spiro atoms.